The molecule has 1 unspecified atom stereocenters. The van der Waals surface area contributed by atoms with Crippen molar-refractivity contribution in [3.05, 3.63) is 34.2 Å². The summed E-state index contributed by atoms with van der Waals surface area (Å²) >= 11 is 0. The summed E-state index contributed by atoms with van der Waals surface area (Å²) in [5.74, 6) is 0.0398. The number of fused-ring (bicyclic) bond motifs is 7. The van der Waals surface area contributed by atoms with Gasteiger partial charge in [0.2, 0.25) is 10.0 Å². The van der Waals surface area contributed by atoms with Gasteiger partial charge in [0.25, 0.3) is 15.6 Å². The zero-order valence-corrected chi connectivity index (χ0v) is 22.1. The summed E-state index contributed by atoms with van der Waals surface area (Å²) in [6, 6.07) is 4.22. The van der Waals surface area contributed by atoms with Crippen molar-refractivity contribution in [1.82, 2.24) is 27.9 Å². The van der Waals surface area contributed by atoms with Crippen molar-refractivity contribution in [2.45, 2.75) is 37.0 Å². The monoisotopic (exact) mass is 536 g/mol. The van der Waals surface area contributed by atoms with E-state index in [1.54, 1.807) is 25.9 Å². The van der Waals surface area contributed by atoms with Gasteiger partial charge in [-0.05, 0) is 38.6 Å². The number of ether oxygens (including phenoxy) is 1. The fourth-order valence-corrected chi connectivity index (χ4v) is 8.96. The normalized spacial score (nSPS) is 21.3. The maximum absolute atomic E-state index is 14.5. The van der Waals surface area contributed by atoms with E-state index in [-0.39, 0.29) is 52.8 Å². The van der Waals surface area contributed by atoms with E-state index in [4.69, 9.17) is 4.74 Å². The highest BCUT2D eigenvalue weighted by molar-refractivity contribution is 7.93. The summed E-state index contributed by atoms with van der Waals surface area (Å²) in [5.41, 5.74) is 0.0371. The molecule has 12 nitrogen and oxygen atoms in total. The van der Waals surface area contributed by atoms with Crippen LogP contribution >= 0.6 is 0 Å². The van der Waals surface area contributed by atoms with Gasteiger partial charge in [-0.1, -0.05) is 13.3 Å². The first-order chi connectivity index (χ1) is 17.0. The summed E-state index contributed by atoms with van der Waals surface area (Å²) in [5, 5.41) is 3.01. The zero-order valence-electron chi connectivity index (χ0n) is 20.5. The number of hydrogen-bond acceptors (Lipinski definition) is 9. The molecule has 0 saturated carbocycles. The fraction of sp³-hybridized carbons (Fsp3) is 0.500. The summed E-state index contributed by atoms with van der Waals surface area (Å²) < 4.78 is 65.6. The van der Waals surface area contributed by atoms with Crippen LogP contribution in [0.2, 0.25) is 0 Å². The van der Waals surface area contributed by atoms with E-state index in [2.05, 4.69) is 10.1 Å². The van der Waals surface area contributed by atoms with Crippen LogP contribution in [0.1, 0.15) is 26.0 Å². The number of aromatic nitrogens is 4. The minimum atomic E-state index is -4.46. The number of likely N-dealkylation sites (N-methyl/N-ethyl adjacent to an activating group) is 1. The molecule has 0 radical (unpaired) electrons. The van der Waals surface area contributed by atoms with Crippen LogP contribution in [0.5, 0.6) is 5.75 Å². The SMILES string of the molecule is CCCc1nn(C)c2c(=O)nc3n(c12)S(=O)(=O)C1CN(C)CCN1S(=O)(=O)c1ccc(OCC)c-3c1. The van der Waals surface area contributed by atoms with Crippen molar-refractivity contribution in [2.24, 2.45) is 7.05 Å². The molecule has 2 aliphatic heterocycles. The van der Waals surface area contributed by atoms with Crippen LogP contribution in [0.3, 0.4) is 0 Å². The van der Waals surface area contributed by atoms with Crippen LogP contribution in [0.4, 0.5) is 0 Å². The molecule has 1 atom stereocenters. The van der Waals surface area contributed by atoms with E-state index in [1.165, 1.54) is 22.9 Å². The molecular weight excluding hydrogens is 508 g/mol. The van der Waals surface area contributed by atoms with E-state index in [0.29, 0.717) is 25.1 Å². The van der Waals surface area contributed by atoms with Crippen LogP contribution < -0.4 is 10.3 Å². The van der Waals surface area contributed by atoms with E-state index < -0.39 is 31.0 Å². The molecule has 0 N–H and O–H groups in total. The van der Waals surface area contributed by atoms with Crippen molar-refractivity contribution in [3.63, 3.8) is 0 Å². The number of nitrogens with zero attached hydrogens (tertiary/aromatic N) is 6. The number of piperazine rings is 1. The Balaban J connectivity index is 2.01. The Morgan fingerprint density at radius 2 is 1.83 bits per heavy atom. The largest absolute Gasteiger partial charge is 0.493 e. The smallest absolute Gasteiger partial charge is 0.299 e. The standard InChI is InChI=1S/C22H28N6O6S2/c1-5-7-16-19-20(26(4)24-16)22(29)23-21-15-12-14(8-9-17(15)34-6-2)35(30,31)27-11-10-25(3)13-18(27)36(32,33)28(19)21/h8-9,12,18H,5-7,10-11,13H2,1-4H3. The third kappa shape index (κ3) is 3.57. The van der Waals surface area contributed by atoms with Gasteiger partial charge in [0, 0.05) is 26.7 Å². The molecule has 1 saturated heterocycles. The van der Waals surface area contributed by atoms with Gasteiger partial charge in [-0.3, -0.25) is 9.48 Å². The number of aryl methyl sites for hydroxylation is 2. The second kappa shape index (κ2) is 8.64. The molecule has 14 heteroatoms. The van der Waals surface area contributed by atoms with Gasteiger partial charge in [-0.25, -0.2) is 20.8 Å². The van der Waals surface area contributed by atoms with Crippen molar-refractivity contribution < 1.29 is 21.6 Å². The van der Waals surface area contributed by atoms with Gasteiger partial charge in [-0.15, -0.1) is 0 Å². The average molecular weight is 537 g/mol. The maximum atomic E-state index is 14.5. The second-order valence-corrected chi connectivity index (χ2v) is 12.8. The number of benzene rings is 1. The van der Waals surface area contributed by atoms with Crippen LogP contribution in [-0.2, 0) is 33.5 Å². The molecule has 5 rings (SSSR count). The highest BCUT2D eigenvalue weighted by Crippen LogP contribution is 2.38. The third-order valence-electron chi connectivity index (χ3n) is 6.57. The number of rotatable bonds is 4. The van der Waals surface area contributed by atoms with Crippen LogP contribution in [0, 0.1) is 0 Å². The molecule has 4 heterocycles. The predicted molar refractivity (Wildman–Crippen MR) is 133 cm³/mol. The summed E-state index contributed by atoms with van der Waals surface area (Å²) in [6.45, 7) is 4.23. The lowest BCUT2D eigenvalue weighted by Crippen LogP contribution is -2.58. The Morgan fingerprint density at radius 3 is 2.53 bits per heavy atom. The van der Waals surface area contributed by atoms with Gasteiger partial charge in [0.1, 0.15) is 11.3 Å². The van der Waals surface area contributed by atoms with Gasteiger partial charge in [0.05, 0.1) is 22.8 Å². The molecular formula is C22H28N6O6S2. The van der Waals surface area contributed by atoms with Crippen molar-refractivity contribution >= 4 is 31.1 Å². The fourth-order valence-electron chi connectivity index (χ4n) is 4.91. The minimum Gasteiger partial charge on any atom is -0.493 e. The lowest BCUT2D eigenvalue weighted by molar-refractivity contribution is 0.198. The molecule has 0 spiro atoms. The molecule has 2 aliphatic rings. The van der Waals surface area contributed by atoms with Crippen LogP contribution in [-0.4, -0.2) is 83.4 Å². The van der Waals surface area contributed by atoms with Crippen molar-refractivity contribution in [3.8, 4) is 17.1 Å². The van der Waals surface area contributed by atoms with Crippen molar-refractivity contribution in [2.75, 3.05) is 33.3 Å². The maximum Gasteiger partial charge on any atom is 0.299 e. The predicted octanol–water partition coefficient (Wildman–Crippen LogP) is 0.602. The van der Waals surface area contributed by atoms with E-state index in [0.717, 1.165) is 8.28 Å². The molecule has 36 heavy (non-hydrogen) atoms. The highest BCUT2D eigenvalue weighted by atomic mass is 32.2. The lowest BCUT2D eigenvalue weighted by atomic mass is 10.1. The lowest BCUT2D eigenvalue weighted by Gasteiger charge is -2.38. The van der Waals surface area contributed by atoms with Crippen LogP contribution in [0.25, 0.3) is 22.4 Å². The number of sulfonamides is 1. The topological polar surface area (TPSA) is 137 Å². The summed E-state index contributed by atoms with van der Waals surface area (Å²) in [7, 11) is -5.35. The minimum absolute atomic E-state index is 0.00770. The van der Waals surface area contributed by atoms with E-state index >= 15 is 0 Å². The Bertz CT molecular complexity index is 1640. The van der Waals surface area contributed by atoms with Crippen LogP contribution in [0.15, 0.2) is 27.9 Å². The molecule has 0 amide bonds. The highest BCUT2D eigenvalue weighted by Gasteiger charge is 2.46. The first kappa shape index (κ1) is 24.9. The Kier molecular flexibility index (Phi) is 5.97. The Morgan fingerprint density at radius 1 is 1.08 bits per heavy atom. The number of hydrogen-bond donors (Lipinski definition) is 0. The summed E-state index contributed by atoms with van der Waals surface area (Å²) in [6.07, 6.45) is 1.07. The van der Waals surface area contributed by atoms with E-state index in [1.807, 2.05) is 6.92 Å². The van der Waals surface area contributed by atoms with Gasteiger partial charge >= 0.3 is 0 Å². The van der Waals surface area contributed by atoms with Gasteiger partial charge in [0.15, 0.2) is 16.7 Å². The third-order valence-corrected chi connectivity index (χ3v) is 10.6. The second-order valence-electron chi connectivity index (χ2n) is 8.99. The quantitative estimate of drug-likeness (QED) is 0.469. The summed E-state index contributed by atoms with van der Waals surface area (Å²) in [4.78, 5) is 19.1. The zero-order chi connectivity index (χ0) is 26.0. The van der Waals surface area contributed by atoms with E-state index in [9.17, 15) is 21.6 Å². The Hall–Kier alpha value is -2.81. The molecule has 3 aromatic rings. The molecule has 1 fully saturated rings. The first-order valence-corrected chi connectivity index (χ1v) is 14.7. The molecule has 1 aromatic carbocycles. The van der Waals surface area contributed by atoms with Gasteiger partial charge in [-0.2, -0.15) is 14.4 Å². The molecule has 194 valence electrons. The first-order valence-electron chi connectivity index (χ1n) is 11.7. The molecule has 2 aromatic heterocycles. The van der Waals surface area contributed by atoms with Gasteiger partial charge < -0.3 is 9.64 Å². The molecule has 2 bridgehead atoms. The Labute approximate surface area is 209 Å². The molecule has 0 aliphatic carbocycles. The van der Waals surface area contributed by atoms with Crippen molar-refractivity contribution in [1.29, 1.82) is 0 Å². The average Bonchev–Trinajstić information content (AvgIpc) is 3.15.